The number of benzene rings is 5. The van der Waals surface area contributed by atoms with E-state index in [1.165, 1.54) is 26.0 Å². The third-order valence-electron chi connectivity index (χ3n) is 10.5. The van der Waals surface area contributed by atoms with Crippen LogP contribution in [0.2, 0.25) is 0 Å². The molecule has 11 heteroatoms. The van der Waals surface area contributed by atoms with Crippen LogP contribution in [0.3, 0.4) is 0 Å². The minimum absolute atomic E-state index is 0.0985. The van der Waals surface area contributed by atoms with Gasteiger partial charge in [0.25, 0.3) is 0 Å². The van der Waals surface area contributed by atoms with Crippen molar-refractivity contribution in [2.24, 2.45) is 5.92 Å². The molecule has 7 rings (SSSR count). The first-order valence-electron chi connectivity index (χ1n) is 19.2. The smallest absolute Gasteiger partial charge is 0.308 e. The van der Waals surface area contributed by atoms with E-state index in [1.54, 1.807) is 41.3 Å². The Morgan fingerprint density at radius 3 is 2.14 bits per heavy atom. The van der Waals surface area contributed by atoms with Gasteiger partial charge in [-0.1, -0.05) is 78.9 Å². The Kier molecular flexibility index (Phi) is 11.8. The lowest BCUT2D eigenvalue weighted by atomic mass is 9.77. The first-order valence-corrected chi connectivity index (χ1v) is 19.2. The van der Waals surface area contributed by atoms with Crippen molar-refractivity contribution in [2.45, 2.75) is 70.7 Å². The fourth-order valence-electron chi connectivity index (χ4n) is 7.44. The topological polar surface area (TPSA) is 121 Å². The maximum absolute atomic E-state index is 14.2. The molecular weight excluding hydrogens is 742 g/mol. The molecule has 1 N–H and O–H groups in total. The molecule has 2 aliphatic rings. The zero-order chi connectivity index (χ0) is 41.0. The number of aliphatic hydroxyl groups is 1. The molecule has 0 aromatic heterocycles. The van der Waals surface area contributed by atoms with Crippen LogP contribution in [0.4, 0.5) is 10.1 Å². The Morgan fingerprint density at radius 1 is 0.845 bits per heavy atom. The number of anilines is 1. The summed E-state index contributed by atoms with van der Waals surface area (Å²) in [5, 5.41) is 11.3. The molecule has 0 saturated carbocycles. The maximum atomic E-state index is 14.2. The molecule has 2 aliphatic heterocycles. The minimum Gasteiger partial charge on any atom is -0.489 e. The third kappa shape index (κ3) is 9.12. The molecule has 3 atom stereocenters. The van der Waals surface area contributed by atoms with Crippen LogP contribution in [0.1, 0.15) is 74.9 Å². The number of β-lactam (4-membered cyclic amide) rings is 1. The fourth-order valence-corrected chi connectivity index (χ4v) is 7.44. The van der Waals surface area contributed by atoms with Gasteiger partial charge >= 0.3 is 11.9 Å². The van der Waals surface area contributed by atoms with Crippen LogP contribution in [0.25, 0.3) is 11.1 Å². The lowest BCUT2D eigenvalue weighted by Crippen LogP contribution is -2.55. The van der Waals surface area contributed by atoms with Gasteiger partial charge in [-0.25, -0.2) is 4.39 Å². The van der Waals surface area contributed by atoms with Crippen molar-refractivity contribution in [2.75, 3.05) is 18.1 Å². The number of hydrogen-bond donors (Lipinski definition) is 1. The van der Waals surface area contributed by atoms with Crippen LogP contribution >= 0.6 is 0 Å². The summed E-state index contributed by atoms with van der Waals surface area (Å²) in [6, 6.07) is 35.3. The Bertz CT molecular complexity index is 2230. The number of ether oxygens (including phenoxy) is 5. The molecule has 0 unspecified atom stereocenters. The van der Waals surface area contributed by atoms with Crippen molar-refractivity contribution in [3.8, 4) is 22.6 Å². The molecule has 10 nitrogen and oxygen atoms in total. The fraction of sp³-hybridized carbons (Fsp3) is 0.298. The number of carbonyl (C=O) groups excluding carboxylic acids is 3. The molecule has 300 valence electrons. The predicted molar refractivity (Wildman–Crippen MR) is 214 cm³/mol. The minimum atomic E-state index is -1.29. The Balaban J connectivity index is 1.24. The second kappa shape index (κ2) is 16.9. The van der Waals surface area contributed by atoms with Gasteiger partial charge in [0.05, 0.1) is 25.2 Å². The van der Waals surface area contributed by atoms with Gasteiger partial charge in [-0.15, -0.1) is 0 Å². The van der Waals surface area contributed by atoms with Gasteiger partial charge in [0, 0.05) is 25.1 Å². The van der Waals surface area contributed by atoms with Crippen LogP contribution in [0.5, 0.6) is 11.5 Å². The summed E-state index contributed by atoms with van der Waals surface area (Å²) >= 11 is 0. The second-order valence-electron chi connectivity index (χ2n) is 15.2. The monoisotopic (exact) mass is 787 g/mol. The molecule has 5 aromatic rings. The molecule has 2 heterocycles. The van der Waals surface area contributed by atoms with E-state index in [2.05, 4.69) is 0 Å². The van der Waals surface area contributed by atoms with Crippen LogP contribution < -0.4 is 14.4 Å². The molecule has 0 spiro atoms. The molecule has 0 radical (unpaired) electrons. The molecule has 2 fully saturated rings. The highest BCUT2D eigenvalue weighted by atomic mass is 19.1. The van der Waals surface area contributed by atoms with E-state index in [1.807, 2.05) is 86.6 Å². The normalized spacial score (nSPS) is 18.8. The number of esters is 2. The standard InChI is InChI=1S/C47H46FNO9/c1-30(50)57-39-21-19-38(20-22-39)49-44(41(45(49)52)24-25-42(58-31(2)51)34-12-17-37(48)18-13-34)40-23-14-35(26-43(40)54-27-32-8-6-5-7-9-32)33-10-15-36(16-11-33)47(53)28-55-46(3,4)56-29-47/h5-23,26,41-42,44,53H,24-25,27-29H2,1-4H3/t41-,42+,44-/m1/s1. The number of halogens is 1. The SMILES string of the molecule is CC(=O)Oc1ccc(N2C(=O)[C@H](CC[C@H](OC(C)=O)c3ccc(F)cc3)[C@H]2c2ccc(-c3ccc(C4(O)COC(C)(C)OC4)cc3)cc2OCc2ccccc2)cc1. The van der Waals surface area contributed by atoms with E-state index < -0.39 is 47.2 Å². The molecule has 0 bridgehead atoms. The molecule has 5 aromatic carbocycles. The van der Waals surface area contributed by atoms with E-state index in [9.17, 15) is 23.9 Å². The third-order valence-corrected chi connectivity index (χ3v) is 10.5. The summed E-state index contributed by atoms with van der Waals surface area (Å²) in [6.07, 6.45) is -0.0449. The quantitative estimate of drug-likeness (QED) is 0.0710. The predicted octanol–water partition coefficient (Wildman–Crippen LogP) is 8.76. The van der Waals surface area contributed by atoms with Crippen molar-refractivity contribution in [3.05, 3.63) is 149 Å². The number of amides is 1. The van der Waals surface area contributed by atoms with Gasteiger partial charge in [0.15, 0.2) is 5.79 Å². The number of hydrogen-bond acceptors (Lipinski definition) is 9. The number of rotatable bonds is 13. The van der Waals surface area contributed by atoms with E-state index in [0.29, 0.717) is 41.2 Å². The largest absolute Gasteiger partial charge is 0.489 e. The Morgan fingerprint density at radius 2 is 1.50 bits per heavy atom. The van der Waals surface area contributed by atoms with Gasteiger partial charge in [0.1, 0.15) is 35.6 Å². The van der Waals surface area contributed by atoms with Crippen molar-refractivity contribution in [1.82, 2.24) is 0 Å². The van der Waals surface area contributed by atoms with E-state index >= 15 is 0 Å². The summed E-state index contributed by atoms with van der Waals surface area (Å²) in [5.41, 5.74) is 4.06. The van der Waals surface area contributed by atoms with E-state index in [4.69, 9.17) is 23.7 Å². The zero-order valence-electron chi connectivity index (χ0n) is 32.9. The lowest BCUT2D eigenvalue weighted by Gasteiger charge is -2.48. The van der Waals surface area contributed by atoms with Crippen molar-refractivity contribution in [3.63, 3.8) is 0 Å². The number of nitrogens with zero attached hydrogens (tertiary/aromatic N) is 1. The van der Waals surface area contributed by atoms with Crippen LogP contribution in [-0.4, -0.2) is 42.0 Å². The van der Waals surface area contributed by atoms with Gasteiger partial charge in [-0.3, -0.25) is 14.4 Å². The number of carbonyl (C=O) groups is 3. The second-order valence-corrected chi connectivity index (χ2v) is 15.2. The van der Waals surface area contributed by atoms with Crippen LogP contribution in [-0.2, 0) is 40.8 Å². The Hall–Kier alpha value is -5.88. The zero-order valence-corrected chi connectivity index (χ0v) is 32.9. The van der Waals surface area contributed by atoms with Crippen molar-refractivity contribution >= 4 is 23.5 Å². The molecule has 1 amide bonds. The summed E-state index contributed by atoms with van der Waals surface area (Å²) in [6.45, 7) is 6.73. The average molecular weight is 788 g/mol. The van der Waals surface area contributed by atoms with E-state index in [-0.39, 0.29) is 25.7 Å². The summed E-state index contributed by atoms with van der Waals surface area (Å²) < 4.78 is 42.9. The highest BCUT2D eigenvalue weighted by molar-refractivity contribution is 6.03. The first kappa shape index (κ1) is 40.3. The van der Waals surface area contributed by atoms with Crippen LogP contribution in [0.15, 0.2) is 121 Å². The summed E-state index contributed by atoms with van der Waals surface area (Å²) in [7, 11) is 0. The van der Waals surface area contributed by atoms with Crippen LogP contribution in [0, 0.1) is 11.7 Å². The van der Waals surface area contributed by atoms with E-state index in [0.717, 1.165) is 22.3 Å². The molecule has 2 saturated heterocycles. The lowest BCUT2D eigenvalue weighted by molar-refractivity contribution is -0.305. The van der Waals surface area contributed by atoms with Gasteiger partial charge < -0.3 is 33.7 Å². The highest BCUT2D eigenvalue weighted by Crippen LogP contribution is 2.50. The highest BCUT2D eigenvalue weighted by Gasteiger charge is 2.50. The summed E-state index contributed by atoms with van der Waals surface area (Å²) in [4.78, 5) is 39.7. The molecular formula is C47H46FNO9. The van der Waals surface area contributed by atoms with Crippen molar-refractivity contribution in [1.29, 1.82) is 0 Å². The average Bonchev–Trinajstić information content (AvgIpc) is 3.21. The summed E-state index contributed by atoms with van der Waals surface area (Å²) in [5.74, 6) is -1.89. The maximum Gasteiger partial charge on any atom is 0.308 e. The van der Waals surface area contributed by atoms with Gasteiger partial charge in [-0.05, 0) is 97.0 Å². The van der Waals surface area contributed by atoms with Crippen molar-refractivity contribution < 1.29 is 47.6 Å². The Labute approximate surface area is 337 Å². The van der Waals surface area contributed by atoms with Gasteiger partial charge in [0.2, 0.25) is 5.91 Å². The first-order chi connectivity index (χ1) is 27.8. The molecule has 0 aliphatic carbocycles. The van der Waals surface area contributed by atoms with Gasteiger partial charge in [-0.2, -0.15) is 0 Å². The molecule has 58 heavy (non-hydrogen) atoms.